The Kier molecular flexibility index (Phi) is 6.27. The maximum absolute atomic E-state index is 12.5. The molecule has 0 saturated heterocycles. The molecular formula is C17H23NO2. The second-order valence-electron chi connectivity index (χ2n) is 5.40. The average molecular weight is 273 g/mol. The van der Waals surface area contributed by atoms with Crippen LogP contribution in [0.2, 0.25) is 0 Å². The highest BCUT2D eigenvalue weighted by atomic mass is 16.2. The summed E-state index contributed by atoms with van der Waals surface area (Å²) >= 11 is 0. The van der Waals surface area contributed by atoms with Crippen molar-refractivity contribution in [2.75, 3.05) is 20.2 Å². The van der Waals surface area contributed by atoms with Gasteiger partial charge in [0.15, 0.2) is 0 Å². The molecule has 0 aliphatic heterocycles. The quantitative estimate of drug-likeness (QED) is 0.856. The number of rotatable bonds is 4. The number of carbonyl (C=O) groups excluding carboxylic acids is 1. The molecular weight excluding hydrogens is 250 g/mol. The van der Waals surface area contributed by atoms with Crippen LogP contribution in [0.25, 0.3) is 0 Å². The summed E-state index contributed by atoms with van der Waals surface area (Å²) in [5.41, 5.74) is 2.40. The molecule has 0 radical (unpaired) electrons. The minimum atomic E-state index is -0.00398. The monoisotopic (exact) mass is 273 g/mol. The fourth-order valence-electron chi connectivity index (χ4n) is 1.99. The van der Waals surface area contributed by atoms with Gasteiger partial charge in [-0.3, -0.25) is 4.79 Å². The first-order valence-electron chi connectivity index (χ1n) is 6.91. The van der Waals surface area contributed by atoms with Gasteiger partial charge in [0.25, 0.3) is 5.91 Å². The van der Waals surface area contributed by atoms with E-state index in [0.29, 0.717) is 17.9 Å². The van der Waals surface area contributed by atoms with Crippen molar-refractivity contribution in [3.05, 3.63) is 34.9 Å². The summed E-state index contributed by atoms with van der Waals surface area (Å²) in [7, 11) is 1.82. The van der Waals surface area contributed by atoms with E-state index in [2.05, 4.69) is 25.7 Å². The highest BCUT2D eigenvalue weighted by molar-refractivity contribution is 5.96. The van der Waals surface area contributed by atoms with Crippen molar-refractivity contribution < 1.29 is 9.90 Å². The van der Waals surface area contributed by atoms with Crippen LogP contribution in [0.4, 0.5) is 0 Å². The number of aliphatic hydroxyl groups is 1. The molecule has 0 saturated carbocycles. The summed E-state index contributed by atoms with van der Waals surface area (Å²) in [4.78, 5) is 14.2. The Balaban J connectivity index is 3.06. The van der Waals surface area contributed by atoms with Crippen molar-refractivity contribution in [3.8, 4) is 11.8 Å². The van der Waals surface area contributed by atoms with Crippen LogP contribution in [0.5, 0.6) is 0 Å². The Morgan fingerprint density at radius 3 is 2.70 bits per heavy atom. The Labute approximate surface area is 121 Å². The molecule has 0 atom stereocenters. The summed E-state index contributed by atoms with van der Waals surface area (Å²) in [6.07, 6.45) is 0.420. The highest BCUT2D eigenvalue weighted by Gasteiger charge is 2.16. The molecule has 0 aliphatic rings. The van der Waals surface area contributed by atoms with Crippen molar-refractivity contribution in [1.82, 2.24) is 4.90 Å². The third kappa shape index (κ3) is 4.71. The molecule has 0 aromatic heterocycles. The van der Waals surface area contributed by atoms with E-state index >= 15 is 0 Å². The molecule has 3 heteroatoms. The fourth-order valence-corrected chi connectivity index (χ4v) is 1.99. The van der Waals surface area contributed by atoms with Gasteiger partial charge in [-0.15, -0.1) is 0 Å². The van der Waals surface area contributed by atoms with E-state index in [0.717, 1.165) is 17.7 Å². The van der Waals surface area contributed by atoms with Crippen LogP contribution < -0.4 is 0 Å². The summed E-state index contributed by atoms with van der Waals surface area (Å²) in [5.74, 6) is 6.27. The van der Waals surface area contributed by atoms with Gasteiger partial charge in [0, 0.05) is 25.6 Å². The van der Waals surface area contributed by atoms with Crippen LogP contribution in [0.3, 0.4) is 0 Å². The number of amides is 1. The number of benzene rings is 1. The van der Waals surface area contributed by atoms with Gasteiger partial charge in [-0.1, -0.05) is 37.3 Å². The Morgan fingerprint density at radius 2 is 2.10 bits per heavy atom. The highest BCUT2D eigenvalue weighted by Crippen LogP contribution is 2.14. The predicted octanol–water partition coefficient (Wildman–Crippen LogP) is 2.46. The third-order valence-corrected chi connectivity index (χ3v) is 2.85. The van der Waals surface area contributed by atoms with Crippen molar-refractivity contribution in [2.24, 2.45) is 5.92 Å². The van der Waals surface area contributed by atoms with E-state index in [1.807, 2.05) is 32.2 Å². The van der Waals surface area contributed by atoms with Gasteiger partial charge >= 0.3 is 0 Å². The maximum Gasteiger partial charge on any atom is 0.254 e. The minimum absolute atomic E-state index is 0.00398. The van der Waals surface area contributed by atoms with E-state index in [4.69, 9.17) is 5.11 Å². The lowest BCUT2D eigenvalue weighted by Crippen LogP contribution is -2.30. The van der Waals surface area contributed by atoms with Crippen molar-refractivity contribution in [1.29, 1.82) is 0 Å². The average Bonchev–Trinajstić information content (AvgIpc) is 2.39. The lowest BCUT2D eigenvalue weighted by molar-refractivity contribution is 0.0779. The first-order chi connectivity index (χ1) is 9.45. The van der Waals surface area contributed by atoms with Gasteiger partial charge in [-0.2, -0.15) is 0 Å². The van der Waals surface area contributed by atoms with Gasteiger partial charge < -0.3 is 10.0 Å². The van der Waals surface area contributed by atoms with Crippen molar-refractivity contribution in [2.45, 2.75) is 27.2 Å². The van der Waals surface area contributed by atoms with E-state index < -0.39 is 0 Å². The Hall–Kier alpha value is -1.79. The van der Waals surface area contributed by atoms with Crippen LogP contribution in [0.15, 0.2) is 18.2 Å². The van der Waals surface area contributed by atoms with Gasteiger partial charge in [-0.05, 0) is 25.0 Å². The van der Waals surface area contributed by atoms with Crippen LogP contribution in [-0.4, -0.2) is 36.1 Å². The molecule has 1 aromatic rings. The molecule has 1 amide bonds. The van der Waals surface area contributed by atoms with Gasteiger partial charge in [0.1, 0.15) is 0 Å². The molecule has 3 nitrogen and oxygen atoms in total. The van der Waals surface area contributed by atoms with E-state index in [-0.39, 0.29) is 12.5 Å². The second-order valence-corrected chi connectivity index (χ2v) is 5.40. The molecule has 0 unspecified atom stereocenters. The number of aryl methyl sites for hydroxylation is 1. The summed E-state index contributed by atoms with van der Waals surface area (Å²) in [6, 6.07) is 5.69. The number of carbonyl (C=O) groups is 1. The van der Waals surface area contributed by atoms with Gasteiger partial charge in [0.2, 0.25) is 0 Å². The molecule has 0 heterocycles. The van der Waals surface area contributed by atoms with E-state index in [9.17, 15) is 4.79 Å². The number of hydrogen-bond acceptors (Lipinski definition) is 2. The van der Waals surface area contributed by atoms with Crippen LogP contribution in [0, 0.1) is 24.7 Å². The molecule has 0 spiro atoms. The van der Waals surface area contributed by atoms with Gasteiger partial charge in [0.05, 0.1) is 12.2 Å². The van der Waals surface area contributed by atoms with E-state index in [1.165, 1.54) is 0 Å². The zero-order chi connectivity index (χ0) is 15.1. The topological polar surface area (TPSA) is 40.5 Å². The number of nitrogens with zero attached hydrogens (tertiary/aromatic N) is 1. The molecule has 108 valence electrons. The van der Waals surface area contributed by atoms with E-state index in [1.54, 1.807) is 4.90 Å². The van der Waals surface area contributed by atoms with Crippen LogP contribution in [-0.2, 0) is 0 Å². The fraction of sp³-hybridized carbons (Fsp3) is 0.471. The maximum atomic E-state index is 12.5. The third-order valence-electron chi connectivity index (χ3n) is 2.85. The molecule has 0 fully saturated rings. The predicted molar refractivity (Wildman–Crippen MR) is 81.6 cm³/mol. The lowest BCUT2D eigenvalue weighted by atomic mass is 10.0. The largest absolute Gasteiger partial charge is 0.395 e. The normalized spacial score (nSPS) is 10.1. The molecule has 0 aliphatic carbocycles. The Bertz CT molecular complexity index is 524. The smallest absolute Gasteiger partial charge is 0.254 e. The Morgan fingerprint density at radius 1 is 1.40 bits per heavy atom. The number of hydrogen-bond donors (Lipinski definition) is 1. The molecule has 20 heavy (non-hydrogen) atoms. The minimum Gasteiger partial charge on any atom is -0.395 e. The van der Waals surface area contributed by atoms with Gasteiger partial charge in [-0.25, -0.2) is 0 Å². The summed E-state index contributed by atoms with van der Waals surface area (Å²) < 4.78 is 0. The summed E-state index contributed by atoms with van der Waals surface area (Å²) in [6.45, 7) is 6.89. The summed E-state index contributed by atoms with van der Waals surface area (Å²) in [5, 5.41) is 8.78. The SMILES string of the molecule is Cc1ccc(C#CCCO)c(C(=O)N(C)CC(C)C)c1. The number of aliphatic hydroxyl groups excluding tert-OH is 1. The molecule has 1 rings (SSSR count). The lowest BCUT2D eigenvalue weighted by Gasteiger charge is -2.20. The molecule has 0 bridgehead atoms. The standard InChI is InChI=1S/C17H23NO2/c1-13(2)12-18(4)17(20)16-11-14(3)8-9-15(16)7-5-6-10-19/h8-9,11,13,19H,6,10,12H2,1-4H3. The molecule has 1 N–H and O–H groups in total. The zero-order valence-corrected chi connectivity index (χ0v) is 12.7. The zero-order valence-electron chi connectivity index (χ0n) is 12.7. The molecule has 1 aromatic carbocycles. The first kappa shape index (κ1) is 16.3. The second kappa shape index (κ2) is 7.72. The first-order valence-corrected chi connectivity index (χ1v) is 6.91. The van der Waals surface area contributed by atoms with Crippen molar-refractivity contribution >= 4 is 5.91 Å². The van der Waals surface area contributed by atoms with Crippen LogP contribution in [0.1, 0.15) is 41.8 Å². The van der Waals surface area contributed by atoms with Crippen LogP contribution >= 0.6 is 0 Å². The van der Waals surface area contributed by atoms with Crippen molar-refractivity contribution in [3.63, 3.8) is 0 Å².